The Balaban J connectivity index is 2.55. The highest BCUT2D eigenvalue weighted by atomic mass is 16.5. The Morgan fingerprint density at radius 2 is 2.10 bits per heavy atom. The first-order chi connectivity index (χ1) is 10.1. The number of aryl methyl sites for hydroxylation is 1. The number of hydrogen-bond acceptors (Lipinski definition) is 5. The van der Waals surface area contributed by atoms with Crippen molar-refractivity contribution in [1.82, 2.24) is 4.98 Å². The molecule has 2 aromatic rings. The molecule has 0 atom stereocenters. The number of rotatable bonds is 6. The molecule has 6 nitrogen and oxygen atoms in total. The first-order valence-corrected chi connectivity index (χ1v) is 6.56. The fourth-order valence-corrected chi connectivity index (χ4v) is 2.02. The monoisotopic (exact) mass is 291 g/mol. The molecule has 2 rings (SSSR count). The highest BCUT2D eigenvalue weighted by Gasteiger charge is 2.22. The SMILES string of the molecule is CCCc1nc(-c2cc(OC)ccc2OC)oc1C(=O)O. The van der Waals surface area contributed by atoms with Gasteiger partial charge in [0.25, 0.3) is 0 Å². The second-order valence-electron chi connectivity index (χ2n) is 4.42. The number of methoxy groups -OCH3 is 2. The molecule has 0 saturated heterocycles. The third-order valence-corrected chi connectivity index (χ3v) is 3.02. The summed E-state index contributed by atoms with van der Waals surface area (Å²) in [6.45, 7) is 1.95. The van der Waals surface area contributed by atoms with Gasteiger partial charge in [0.05, 0.1) is 25.5 Å². The Hall–Kier alpha value is -2.50. The predicted octanol–water partition coefficient (Wildman–Crippen LogP) is 3.01. The van der Waals surface area contributed by atoms with E-state index in [1.54, 1.807) is 25.3 Å². The van der Waals surface area contributed by atoms with Gasteiger partial charge in [0.1, 0.15) is 11.5 Å². The molecule has 1 aromatic heterocycles. The number of aromatic carboxylic acids is 1. The Labute approximate surface area is 122 Å². The number of oxazole rings is 1. The van der Waals surface area contributed by atoms with Crippen LogP contribution in [-0.4, -0.2) is 30.3 Å². The maximum atomic E-state index is 11.2. The summed E-state index contributed by atoms with van der Waals surface area (Å²) in [4.78, 5) is 15.5. The van der Waals surface area contributed by atoms with Crippen molar-refractivity contribution in [2.45, 2.75) is 19.8 Å². The molecule has 1 aromatic carbocycles. The molecule has 1 N–H and O–H groups in total. The molecule has 0 aliphatic rings. The molecule has 0 radical (unpaired) electrons. The second kappa shape index (κ2) is 6.30. The standard InChI is InChI=1S/C15H17NO5/c1-4-5-11-13(15(17)18)21-14(16-11)10-8-9(19-2)6-7-12(10)20-3/h6-8H,4-5H2,1-3H3,(H,17,18). The van der Waals surface area contributed by atoms with Gasteiger partial charge in [0, 0.05) is 0 Å². The van der Waals surface area contributed by atoms with Crippen LogP contribution in [0.2, 0.25) is 0 Å². The van der Waals surface area contributed by atoms with Gasteiger partial charge in [-0.2, -0.15) is 0 Å². The molecule has 0 fully saturated rings. The fraction of sp³-hybridized carbons (Fsp3) is 0.333. The van der Waals surface area contributed by atoms with Gasteiger partial charge in [-0.25, -0.2) is 9.78 Å². The summed E-state index contributed by atoms with van der Waals surface area (Å²) < 4.78 is 15.8. The van der Waals surface area contributed by atoms with Crippen molar-refractivity contribution in [1.29, 1.82) is 0 Å². The molecule has 112 valence electrons. The van der Waals surface area contributed by atoms with E-state index in [0.29, 0.717) is 29.2 Å². The number of carboxylic acids is 1. The topological polar surface area (TPSA) is 81.8 Å². The van der Waals surface area contributed by atoms with Gasteiger partial charge in [-0.15, -0.1) is 0 Å². The van der Waals surface area contributed by atoms with Gasteiger partial charge in [0.15, 0.2) is 0 Å². The van der Waals surface area contributed by atoms with E-state index < -0.39 is 5.97 Å². The van der Waals surface area contributed by atoms with Gasteiger partial charge in [-0.1, -0.05) is 13.3 Å². The number of ether oxygens (including phenoxy) is 2. The molecule has 0 amide bonds. The number of nitrogens with zero attached hydrogens (tertiary/aromatic N) is 1. The van der Waals surface area contributed by atoms with Gasteiger partial charge in [-0.3, -0.25) is 0 Å². The normalized spacial score (nSPS) is 10.4. The van der Waals surface area contributed by atoms with Crippen LogP contribution in [0.5, 0.6) is 11.5 Å². The third kappa shape index (κ3) is 2.99. The minimum Gasteiger partial charge on any atom is -0.497 e. The van der Waals surface area contributed by atoms with Crippen molar-refractivity contribution in [2.75, 3.05) is 14.2 Å². The zero-order valence-electron chi connectivity index (χ0n) is 12.2. The highest BCUT2D eigenvalue weighted by molar-refractivity contribution is 5.86. The van der Waals surface area contributed by atoms with E-state index in [9.17, 15) is 9.90 Å². The van der Waals surface area contributed by atoms with E-state index in [4.69, 9.17) is 13.9 Å². The summed E-state index contributed by atoms with van der Waals surface area (Å²) in [5.74, 6) is 0.109. The smallest absolute Gasteiger partial charge is 0.373 e. The number of carbonyl (C=O) groups is 1. The van der Waals surface area contributed by atoms with E-state index in [-0.39, 0.29) is 11.7 Å². The quantitative estimate of drug-likeness (QED) is 0.881. The van der Waals surface area contributed by atoms with Crippen LogP contribution in [0, 0.1) is 0 Å². The summed E-state index contributed by atoms with van der Waals surface area (Å²) in [7, 11) is 3.08. The maximum Gasteiger partial charge on any atom is 0.373 e. The minimum absolute atomic E-state index is 0.128. The van der Waals surface area contributed by atoms with Crippen LogP contribution >= 0.6 is 0 Å². The van der Waals surface area contributed by atoms with E-state index in [0.717, 1.165) is 6.42 Å². The Kier molecular flexibility index (Phi) is 4.47. The van der Waals surface area contributed by atoms with Crippen LogP contribution < -0.4 is 9.47 Å². The Bertz CT molecular complexity index is 648. The van der Waals surface area contributed by atoms with Crippen molar-refractivity contribution in [2.24, 2.45) is 0 Å². The van der Waals surface area contributed by atoms with Gasteiger partial charge in [0.2, 0.25) is 11.7 Å². The fourth-order valence-electron chi connectivity index (χ4n) is 2.02. The van der Waals surface area contributed by atoms with E-state index in [2.05, 4.69) is 4.98 Å². The molecule has 21 heavy (non-hydrogen) atoms. The lowest BCUT2D eigenvalue weighted by atomic mass is 10.2. The van der Waals surface area contributed by atoms with Gasteiger partial charge in [-0.05, 0) is 24.6 Å². The molecule has 0 aliphatic heterocycles. The lowest BCUT2D eigenvalue weighted by Gasteiger charge is -2.07. The summed E-state index contributed by atoms with van der Waals surface area (Å²) in [5, 5.41) is 9.19. The molecule has 0 unspecified atom stereocenters. The van der Waals surface area contributed by atoms with E-state index >= 15 is 0 Å². The number of aromatic nitrogens is 1. The van der Waals surface area contributed by atoms with Crippen molar-refractivity contribution in [3.8, 4) is 23.0 Å². The molecular weight excluding hydrogens is 274 g/mol. The molecule has 1 heterocycles. The lowest BCUT2D eigenvalue weighted by Crippen LogP contribution is -1.99. The molecule has 6 heteroatoms. The summed E-state index contributed by atoms with van der Waals surface area (Å²) in [5.41, 5.74) is 0.992. The molecular formula is C15H17NO5. The first kappa shape index (κ1) is 14.9. The summed E-state index contributed by atoms with van der Waals surface area (Å²) >= 11 is 0. The highest BCUT2D eigenvalue weighted by Crippen LogP contribution is 2.34. The largest absolute Gasteiger partial charge is 0.497 e. The summed E-state index contributed by atoms with van der Waals surface area (Å²) in [6, 6.07) is 5.17. The molecule has 0 spiro atoms. The predicted molar refractivity (Wildman–Crippen MR) is 76.0 cm³/mol. The van der Waals surface area contributed by atoms with Gasteiger partial charge < -0.3 is 19.0 Å². The maximum absolute atomic E-state index is 11.2. The number of benzene rings is 1. The lowest BCUT2D eigenvalue weighted by molar-refractivity contribution is 0.0661. The van der Waals surface area contributed by atoms with Crippen molar-refractivity contribution < 1.29 is 23.8 Å². The van der Waals surface area contributed by atoms with Gasteiger partial charge >= 0.3 is 5.97 Å². The van der Waals surface area contributed by atoms with Crippen molar-refractivity contribution in [3.63, 3.8) is 0 Å². The summed E-state index contributed by atoms with van der Waals surface area (Å²) in [6.07, 6.45) is 1.32. The molecule has 0 aliphatic carbocycles. The van der Waals surface area contributed by atoms with Crippen LogP contribution in [0.3, 0.4) is 0 Å². The van der Waals surface area contributed by atoms with Crippen molar-refractivity contribution >= 4 is 5.97 Å². The molecule has 0 bridgehead atoms. The Morgan fingerprint density at radius 3 is 2.67 bits per heavy atom. The average Bonchev–Trinajstić information content (AvgIpc) is 2.91. The molecule has 0 saturated carbocycles. The first-order valence-electron chi connectivity index (χ1n) is 6.56. The van der Waals surface area contributed by atoms with Crippen molar-refractivity contribution in [3.05, 3.63) is 29.7 Å². The zero-order chi connectivity index (χ0) is 15.4. The number of hydrogen-bond donors (Lipinski definition) is 1. The van der Waals surface area contributed by atoms with E-state index in [1.807, 2.05) is 6.92 Å². The Morgan fingerprint density at radius 1 is 1.33 bits per heavy atom. The van der Waals surface area contributed by atoms with Crippen LogP contribution in [-0.2, 0) is 6.42 Å². The minimum atomic E-state index is -1.13. The second-order valence-corrected chi connectivity index (χ2v) is 4.42. The van der Waals surface area contributed by atoms with Crippen LogP contribution in [0.1, 0.15) is 29.6 Å². The van der Waals surface area contributed by atoms with E-state index in [1.165, 1.54) is 7.11 Å². The number of carboxylic acid groups (broad SMARTS) is 1. The van der Waals surface area contributed by atoms with Crippen LogP contribution in [0.15, 0.2) is 22.6 Å². The van der Waals surface area contributed by atoms with Crippen LogP contribution in [0.4, 0.5) is 0 Å². The zero-order valence-corrected chi connectivity index (χ0v) is 12.2. The van der Waals surface area contributed by atoms with Crippen LogP contribution in [0.25, 0.3) is 11.5 Å². The average molecular weight is 291 g/mol. The third-order valence-electron chi connectivity index (χ3n) is 3.02.